The molecule has 0 aliphatic rings. The first kappa shape index (κ1) is 17.0. The van der Waals surface area contributed by atoms with Crippen LogP contribution in [0.4, 0.5) is 5.69 Å². The van der Waals surface area contributed by atoms with Crippen molar-refractivity contribution in [3.8, 4) is 33.6 Å². The number of anilines is 1. The van der Waals surface area contributed by atoms with Gasteiger partial charge in [-0.2, -0.15) is 0 Å². The van der Waals surface area contributed by atoms with Crippen LogP contribution in [0.5, 0.6) is 0 Å². The Hall–Kier alpha value is -3.39. The van der Waals surface area contributed by atoms with E-state index in [1.54, 1.807) is 0 Å². The fourth-order valence-electron chi connectivity index (χ4n) is 3.16. The summed E-state index contributed by atoms with van der Waals surface area (Å²) in [6.07, 6.45) is 0. The highest BCUT2D eigenvalue weighted by atomic mass is 15.1. The van der Waals surface area contributed by atoms with E-state index in [9.17, 15) is 0 Å². The first-order valence-electron chi connectivity index (χ1n) is 9.11. The highest BCUT2D eigenvalue weighted by molar-refractivity contribution is 5.77. The minimum atomic E-state index is 0.987. The van der Waals surface area contributed by atoms with Gasteiger partial charge in [0.15, 0.2) is 0 Å². The molecular weight excluding hydrogens is 328 g/mol. The highest BCUT2D eigenvalue weighted by Crippen LogP contribution is 2.30. The van der Waals surface area contributed by atoms with Crippen LogP contribution in [0.25, 0.3) is 33.6 Å². The molecule has 0 amide bonds. The van der Waals surface area contributed by atoms with E-state index in [0.717, 1.165) is 22.5 Å². The Morgan fingerprint density at radius 2 is 1.00 bits per heavy atom. The first-order valence-corrected chi connectivity index (χ1v) is 9.11. The van der Waals surface area contributed by atoms with Gasteiger partial charge in [0.25, 0.3) is 0 Å². The van der Waals surface area contributed by atoms with Crippen molar-refractivity contribution in [2.45, 2.75) is 0 Å². The van der Waals surface area contributed by atoms with E-state index in [4.69, 9.17) is 4.98 Å². The van der Waals surface area contributed by atoms with E-state index >= 15 is 0 Å². The highest BCUT2D eigenvalue weighted by Gasteiger charge is 2.09. The summed E-state index contributed by atoms with van der Waals surface area (Å²) in [5, 5.41) is 0. The monoisotopic (exact) mass is 350 g/mol. The third-order valence-electron chi connectivity index (χ3n) is 4.68. The Kier molecular flexibility index (Phi) is 4.71. The molecule has 1 heterocycles. The smallest absolute Gasteiger partial charge is 0.0715 e. The zero-order chi connectivity index (χ0) is 18.6. The van der Waals surface area contributed by atoms with Gasteiger partial charge in [0.1, 0.15) is 0 Å². The van der Waals surface area contributed by atoms with Crippen LogP contribution in [0.2, 0.25) is 0 Å². The SMILES string of the molecule is CN(C)c1ccc(-c2cc(-c3ccccc3)cc(-c3ccccc3)n2)cc1. The van der Waals surface area contributed by atoms with E-state index in [1.165, 1.54) is 16.8 Å². The molecule has 2 heteroatoms. The normalized spacial score (nSPS) is 10.6. The minimum Gasteiger partial charge on any atom is -0.378 e. The van der Waals surface area contributed by atoms with Crippen molar-refractivity contribution in [2.75, 3.05) is 19.0 Å². The summed E-state index contributed by atoms with van der Waals surface area (Å²) in [6.45, 7) is 0. The number of pyridine rings is 1. The molecule has 0 unspecified atom stereocenters. The molecule has 0 bridgehead atoms. The van der Waals surface area contributed by atoms with E-state index in [1.807, 2.05) is 12.1 Å². The number of rotatable bonds is 4. The molecule has 0 N–H and O–H groups in total. The van der Waals surface area contributed by atoms with Gasteiger partial charge in [-0.05, 0) is 35.4 Å². The number of aromatic nitrogens is 1. The molecule has 4 rings (SSSR count). The molecule has 132 valence electrons. The molecule has 1 aromatic heterocycles. The van der Waals surface area contributed by atoms with Crippen molar-refractivity contribution in [1.82, 2.24) is 4.98 Å². The predicted octanol–water partition coefficient (Wildman–Crippen LogP) is 6.15. The van der Waals surface area contributed by atoms with Crippen LogP contribution in [-0.2, 0) is 0 Å². The molecule has 4 aromatic rings. The topological polar surface area (TPSA) is 16.1 Å². The van der Waals surface area contributed by atoms with Crippen molar-refractivity contribution < 1.29 is 0 Å². The van der Waals surface area contributed by atoms with Crippen molar-refractivity contribution in [3.63, 3.8) is 0 Å². The van der Waals surface area contributed by atoms with Gasteiger partial charge < -0.3 is 4.90 Å². The predicted molar refractivity (Wildman–Crippen MR) is 115 cm³/mol. The van der Waals surface area contributed by atoms with Crippen LogP contribution in [0.3, 0.4) is 0 Å². The molecule has 0 aliphatic heterocycles. The fraction of sp³-hybridized carbons (Fsp3) is 0.0800. The van der Waals surface area contributed by atoms with Gasteiger partial charge in [-0.25, -0.2) is 4.98 Å². The lowest BCUT2D eigenvalue weighted by molar-refractivity contribution is 1.13. The van der Waals surface area contributed by atoms with Gasteiger partial charge in [-0.1, -0.05) is 72.8 Å². The van der Waals surface area contributed by atoms with Crippen molar-refractivity contribution >= 4 is 5.69 Å². The molecule has 0 spiro atoms. The molecule has 0 aliphatic carbocycles. The number of nitrogens with zero attached hydrogens (tertiary/aromatic N) is 2. The second-order valence-electron chi connectivity index (χ2n) is 6.80. The minimum absolute atomic E-state index is 0.987. The van der Waals surface area contributed by atoms with Gasteiger partial charge in [-0.15, -0.1) is 0 Å². The maximum absolute atomic E-state index is 4.96. The molecule has 0 atom stereocenters. The first-order chi connectivity index (χ1) is 13.2. The average molecular weight is 350 g/mol. The van der Waals surface area contributed by atoms with Gasteiger partial charge in [0.05, 0.1) is 11.4 Å². The van der Waals surface area contributed by atoms with E-state index in [-0.39, 0.29) is 0 Å². The van der Waals surface area contributed by atoms with Crippen LogP contribution < -0.4 is 4.90 Å². The molecule has 27 heavy (non-hydrogen) atoms. The maximum Gasteiger partial charge on any atom is 0.0715 e. The third-order valence-corrected chi connectivity index (χ3v) is 4.68. The largest absolute Gasteiger partial charge is 0.378 e. The Balaban J connectivity index is 1.85. The Bertz CT molecular complexity index is 963. The third kappa shape index (κ3) is 3.75. The van der Waals surface area contributed by atoms with Crippen LogP contribution in [0.15, 0.2) is 97.1 Å². The standard InChI is InChI=1S/C25H22N2/c1-27(2)23-15-13-21(14-16-23)25-18-22(19-9-5-3-6-10-19)17-24(26-25)20-11-7-4-8-12-20/h3-18H,1-2H3. The number of hydrogen-bond donors (Lipinski definition) is 0. The lowest BCUT2D eigenvalue weighted by atomic mass is 10.00. The quantitative estimate of drug-likeness (QED) is 0.439. The lowest BCUT2D eigenvalue weighted by Gasteiger charge is -2.14. The molecule has 0 saturated heterocycles. The summed E-state index contributed by atoms with van der Waals surface area (Å²) in [6, 6.07) is 33.7. The second kappa shape index (κ2) is 7.46. The van der Waals surface area contributed by atoms with Gasteiger partial charge in [0, 0.05) is 30.9 Å². The zero-order valence-corrected chi connectivity index (χ0v) is 15.6. The Morgan fingerprint density at radius 3 is 1.52 bits per heavy atom. The van der Waals surface area contributed by atoms with Gasteiger partial charge in [-0.3, -0.25) is 0 Å². The Labute approximate surface area is 160 Å². The van der Waals surface area contributed by atoms with E-state index in [2.05, 4.69) is 104 Å². The lowest BCUT2D eigenvalue weighted by Crippen LogP contribution is -2.07. The summed E-state index contributed by atoms with van der Waals surface area (Å²) in [7, 11) is 4.10. The zero-order valence-electron chi connectivity index (χ0n) is 15.6. The van der Waals surface area contributed by atoms with Crippen LogP contribution >= 0.6 is 0 Å². The molecule has 3 aromatic carbocycles. The van der Waals surface area contributed by atoms with E-state index in [0.29, 0.717) is 0 Å². The Morgan fingerprint density at radius 1 is 0.519 bits per heavy atom. The number of benzene rings is 3. The summed E-state index contributed by atoms with van der Waals surface area (Å²) >= 11 is 0. The maximum atomic E-state index is 4.96. The average Bonchev–Trinajstić information content (AvgIpc) is 2.75. The molecule has 0 saturated carbocycles. The van der Waals surface area contributed by atoms with Crippen LogP contribution in [-0.4, -0.2) is 19.1 Å². The van der Waals surface area contributed by atoms with Crippen LogP contribution in [0.1, 0.15) is 0 Å². The summed E-state index contributed by atoms with van der Waals surface area (Å²) in [5.41, 5.74) is 7.78. The number of hydrogen-bond acceptors (Lipinski definition) is 2. The van der Waals surface area contributed by atoms with Crippen LogP contribution in [0, 0.1) is 0 Å². The van der Waals surface area contributed by atoms with Gasteiger partial charge >= 0.3 is 0 Å². The molecule has 0 fully saturated rings. The van der Waals surface area contributed by atoms with Crippen molar-refractivity contribution in [3.05, 3.63) is 97.1 Å². The molecular formula is C25H22N2. The summed E-state index contributed by atoms with van der Waals surface area (Å²) in [4.78, 5) is 7.06. The van der Waals surface area contributed by atoms with E-state index < -0.39 is 0 Å². The summed E-state index contributed by atoms with van der Waals surface area (Å²) in [5.74, 6) is 0. The van der Waals surface area contributed by atoms with Crippen molar-refractivity contribution in [2.24, 2.45) is 0 Å². The fourth-order valence-corrected chi connectivity index (χ4v) is 3.16. The molecule has 2 nitrogen and oxygen atoms in total. The summed E-state index contributed by atoms with van der Waals surface area (Å²) < 4.78 is 0. The second-order valence-corrected chi connectivity index (χ2v) is 6.80. The molecule has 0 radical (unpaired) electrons. The van der Waals surface area contributed by atoms with Gasteiger partial charge in [0.2, 0.25) is 0 Å². The van der Waals surface area contributed by atoms with Crippen molar-refractivity contribution in [1.29, 1.82) is 0 Å².